The molecule has 0 aromatic carbocycles. The van der Waals surface area contributed by atoms with Crippen molar-refractivity contribution in [2.75, 3.05) is 13.1 Å². The van der Waals surface area contributed by atoms with Crippen molar-refractivity contribution in [3.05, 3.63) is 0 Å². The summed E-state index contributed by atoms with van der Waals surface area (Å²) in [4.78, 5) is 17.7. The summed E-state index contributed by atoms with van der Waals surface area (Å²) in [6.07, 6.45) is 7.22. The van der Waals surface area contributed by atoms with E-state index < -0.39 is 0 Å². The third-order valence-electron chi connectivity index (χ3n) is 4.31. The minimum absolute atomic E-state index is 0. The largest absolute Gasteiger partial charge is 0.388 e. The van der Waals surface area contributed by atoms with Crippen LogP contribution < -0.4 is 10.6 Å². The smallest absolute Gasteiger partial charge is 0.269 e. The number of carbonyl (C=O) groups excluding carboxylic acids is 1. The van der Waals surface area contributed by atoms with Crippen molar-refractivity contribution in [2.45, 2.75) is 56.6 Å². The fourth-order valence-corrected chi connectivity index (χ4v) is 3.13. The molecule has 0 atom stereocenters. The van der Waals surface area contributed by atoms with Gasteiger partial charge in [-0.2, -0.15) is 0 Å². The molecule has 0 aromatic rings. The number of halogens is 1. The lowest BCUT2D eigenvalue weighted by atomic mass is 9.87. The van der Waals surface area contributed by atoms with E-state index in [1.165, 1.54) is 12.8 Å². The van der Waals surface area contributed by atoms with Crippen LogP contribution in [0.25, 0.3) is 0 Å². The highest BCUT2D eigenvalue weighted by Gasteiger charge is 2.42. The first-order valence-corrected chi connectivity index (χ1v) is 7.04. The van der Waals surface area contributed by atoms with Crippen LogP contribution in [-0.4, -0.2) is 36.4 Å². The van der Waals surface area contributed by atoms with Crippen molar-refractivity contribution < 1.29 is 9.63 Å². The Hall–Kier alpha value is -0.810. The van der Waals surface area contributed by atoms with Gasteiger partial charge in [-0.15, -0.1) is 12.4 Å². The van der Waals surface area contributed by atoms with Crippen LogP contribution in [0.15, 0.2) is 5.16 Å². The van der Waals surface area contributed by atoms with Gasteiger partial charge in [0.25, 0.3) is 5.91 Å². The molecule has 1 aliphatic carbocycles. The topological polar surface area (TPSA) is 62.7 Å². The Labute approximate surface area is 119 Å². The van der Waals surface area contributed by atoms with E-state index in [1.54, 1.807) is 0 Å². The summed E-state index contributed by atoms with van der Waals surface area (Å²) in [6, 6.07) is 0.352. The molecule has 19 heavy (non-hydrogen) atoms. The van der Waals surface area contributed by atoms with Crippen LogP contribution >= 0.6 is 12.4 Å². The normalized spacial score (nSPS) is 25.6. The highest BCUT2D eigenvalue weighted by Crippen LogP contribution is 2.32. The number of carbonyl (C=O) groups is 1. The minimum atomic E-state index is -0.201. The predicted octanol–water partition coefficient (Wildman–Crippen LogP) is 1.37. The average Bonchev–Trinajstić information content (AvgIpc) is 3.01. The molecule has 1 saturated heterocycles. The second-order valence-corrected chi connectivity index (χ2v) is 5.69. The van der Waals surface area contributed by atoms with E-state index in [0.29, 0.717) is 18.2 Å². The zero-order chi connectivity index (χ0) is 12.4. The van der Waals surface area contributed by atoms with Crippen LogP contribution in [0.3, 0.4) is 0 Å². The van der Waals surface area contributed by atoms with Crippen molar-refractivity contribution in [3.8, 4) is 0 Å². The maximum atomic E-state index is 12.1. The fourth-order valence-electron chi connectivity index (χ4n) is 3.13. The van der Waals surface area contributed by atoms with Crippen LogP contribution in [-0.2, 0) is 9.63 Å². The summed E-state index contributed by atoms with van der Waals surface area (Å²) in [7, 11) is 0. The molecule has 0 unspecified atom stereocenters. The maximum Gasteiger partial charge on any atom is 0.269 e. The van der Waals surface area contributed by atoms with Gasteiger partial charge in [-0.3, -0.25) is 4.79 Å². The Balaban J connectivity index is 0.00000133. The van der Waals surface area contributed by atoms with E-state index in [-0.39, 0.29) is 23.9 Å². The van der Waals surface area contributed by atoms with E-state index >= 15 is 0 Å². The number of rotatable bonds is 2. The van der Waals surface area contributed by atoms with Crippen molar-refractivity contribution in [2.24, 2.45) is 5.16 Å². The van der Waals surface area contributed by atoms with Gasteiger partial charge in [-0.25, -0.2) is 0 Å². The molecule has 5 nitrogen and oxygen atoms in total. The van der Waals surface area contributed by atoms with Crippen molar-refractivity contribution >= 4 is 24.0 Å². The molecule has 2 aliphatic heterocycles. The van der Waals surface area contributed by atoms with E-state index in [4.69, 9.17) is 4.84 Å². The van der Waals surface area contributed by atoms with Crippen LogP contribution in [0.2, 0.25) is 0 Å². The molecular weight excluding hydrogens is 266 g/mol. The van der Waals surface area contributed by atoms with Crippen LogP contribution in [0.4, 0.5) is 0 Å². The van der Waals surface area contributed by atoms with Gasteiger partial charge in [0.1, 0.15) is 11.3 Å². The number of oxime groups is 1. The third-order valence-corrected chi connectivity index (χ3v) is 4.31. The SMILES string of the molecule is Cl.O=C(NC1CCCC1)C1=NOC2(CCNCC2)C1. The summed E-state index contributed by atoms with van der Waals surface area (Å²) >= 11 is 0. The molecule has 3 aliphatic rings. The quantitative estimate of drug-likeness (QED) is 0.806. The summed E-state index contributed by atoms with van der Waals surface area (Å²) in [5.41, 5.74) is 0.386. The highest BCUT2D eigenvalue weighted by molar-refractivity contribution is 6.39. The number of nitrogens with one attached hydrogen (secondary N) is 2. The summed E-state index contributed by atoms with van der Waals surface area (Å²) in [6.45, 7) is 1.90. The molecule has 0 bridgehead atoms. The Morgan fingerprint density at radius 2 is 2.00 bits per heavy atom. The molecule has 1 saturated carbocycles. The molecule has 6 heteroatoms. The number of amides is 1. The van der Waals surface area contributed by atoms with E-state index in [0.717, 1.165) is 38.8 Å². The molecule has 2 N–H and O–H groups in total. The molecule has 0 radical (unpaired) electrons. The lowest BCUT2D eigenvalue weighted by molar-refractivity contribution is -0.115. The van der Waals surface area contributed by atoms with Gasteiger partial charge in [0.15, 0.2) is 0 Å². The van der Waals surface area contributed by atoms with Crippen LogP contribution in [0.5, 0.6) is 0 Å². The van der Waals surface area contributed by atoms with Crippen molar-refractivity contribution in [1.82, 2.24) is 10.6 Å². The molecular formula is C13H22ClN3O2. The average molecular weight is 288 g/mol. The zero-order valence-electron chi connectivity index (χ0n) is 11.1. The van der Waals surface area contributed by atoms with Gasteiger partial charge in [0.05, 0.1) is 0 Å². The predicted molar refractivity (Wildman–Crippen MR) is 75.6 cm³/mol. The molecule has 1 amide bonds. The second-order valence-electron chi connectivity index (χ2n) is 5.69. The van der Waals surface area contributed by atoms with Crippen molar-refractivity contribution in [3.63, 3.8) is 0 Å². The van der Waals surface area contributed by atoms with E-state index in [1.807, 2.05) is 0 Å². The van der Waals surface area contributed by atoms with E-state index in [2.05, 4.69) is 15.8 Å². The zero-order valence-corrected chi connectivity index (χ0v) is 11.9. The van der Waals surface area contributed by atoms with Crippen molar-refractivity contribution in [1.29, 1.82) is 0 Å². The Morgan fingerprint density at radius 1 is 1.32 bits per heavy atom. The maximum absolute atomic E-state index is 12.1. The Morgan fingerprint density at radius 3 is 2.68 bits per heavy atom. The number of nitrogens with zero attached hydrogens (tertiary/aromatic N) is 1. The van der Waals surface area contributed by atoms with Gasteiger partial charge in [0, 0.05) is 25.3 Å². The first-order valence-electron chi connectivity index (χ1n) is 7.04. The summed E-state index contributed by atoms with van der Waals surface area (Å²) < 4.78 is 0. The molecule has 2 fully saturated rings. The van der Waals surface area contributed by atoms with Gasteiger partial charge in [-0.05, 0) is 25.9 Å². The summed E-state index contributed by atoms with van der Waals surface area (Å²) in [5, 5.41) is 10.4. The summed E-state index contributed by atoms with van der Waals surface area (Å²) in [5.74, 6) is -0.0164. The van der Waals surface area contributed by atoms with Gasteiger partial charge >= 0.3 is 0 Å². The second kappa shape index (κ2) is 6.09. The van der Waals surface area contributed by atoms with Crippen LogP contribution in [0.1, 0.15) is 44.9 Å². The van der Waals surface area contributed by atoms with E-state index in [9.17, 15) is 4.79 Å². The molecule has 0 aromatic heterocycles. The third kappa shape index (κ3) is 3.20. The molecule has 3 rings (SSSR count). The lowest BCUT2D eigenvalue weighted by Crippen LogP contribution is -2.44. The number of hydrogen-bond acceptors (Lipinski definition) is 4. The first kappa shape index (κ1) is 14.6. The monoisotopic (exact) mass is 287 g/mol. The molecule has 108 valence electrons. The number of piperidine rings is 1. The van der Waals surface area contributed by atoms with Gasteiger partial charge in [0.2, 0.25) is 0 Å². The standard InChI is InChI=1S/C13H21N3O2.ClH/c17-12(15-10-3-1-2-4-10)11-9-13(18-16-11)5-7-14-8-6-13;/h10,14H,1-9H2,(H,15,17);1H. The Bertz CT molecular complexity index is 361. The first-order chi connectivity index (χ1) is 8.77. The van der Waals surface area contributed by atoms with Gasteiger partial charge < -0.3 is 15.5 Å². The van der Waals surface area contributed by atoms with Gasteiger partial charge in [-0.1, -0.05) is 18.0 Å². The minimum Gasteiger partial charge on any atom is -0.388 e. The molecule has 1 spiro atoms. The fraction of sp³-hybridized carbons (Fsp3) is 0.846. The number of hydrogen-bond donors (Lipinski definition) is 2. The van der Waals surface area contributed by atoms with Crippen LogP contribution in [0, 0.1) is 0 Å². The molecule has 2 heterocycles. The Kier molecular flexibility index (Phi) is 4.68. The highest BCUT2D eigenvalue weighted by atomic mass is 35.5. The lowest BCUT2D eigenvalue weighted by Gasteiger charge is -2.30.